The van der Waals surface area contributed by atoms with Gasteiger partial charge >= 0.3 is 6.18 Å². The van der Waals surface area contributed by atoms with E-state index in [1.807, 2.05) is 12.1 Å². The molecule has 3 aromatic rings. The average molecular weight is 651 g/mol. The summed E-state index contributed by atoms with van der Waals surface area (Å²) in [5.41, 5.74) is 2.60. The van der Waals surface area contributed by atoms with Crippen molar-refractivity contribution in [1.82, 2.24) is 14.8 Å². The van der Waals surface area contributed by atoms with Crippen molar-refractivity contribution in [3.8, 4) is 23.7 Å². The molecular formula is C35H41F3N6O3. The Hall–Kier alpha value is -4.39. The lowest BCUT2D eigenvalue weighted by atomic mass is 9.79. The van der Waals surface area contributed by atoms with Crippen LogP contribution in [0.2, 0.25) is 0 Å². The number of carbonyl (C=O) groups is 1. The first-order valence-corrected chi connectivity index (χ1v) is 16.0. The topological polar surface area (TPSA) is 104 Å². The van der Waals surface area contributed by atoms with Crippen molar-refractivity contribution < 1.29 is 27.4 Å². The van der Waals surface area contributed by atoms with Crippen molar-refractivity contribution in [2.45, 2.75) is 63.3 Å². The van der Waals surface area contributed by atoms with Crippen LogP contribution >= 0.6 is 0 Å². The molecule has 9 nitrogen and oxygen atoms in total. The molecule has 0 unspecified atom stereocenters. The van der Waals surface area contributed by atoms with Gasteiger partial charge in [0.25, 0.3) is 5.91 Å². The van der Waals surface area contributed by atoms with E-state index in [4.69, 9.17) is 14.7 Å². The maximum Gasteiger partial charge on any atom is 0.406 e. The molecule has 0 bridgehead atoms. The second-order valence-corrected chi connectivity index (χ2v) is 12.2. The fraction of sp³-hybridized carbons (Fsp3) is 0.486. The zero-order valence-electron chi connectivity index (χ0n) is 26.8. The predicted molar refractivity (Wildman–Crippen MR) is 176 cm³/mol. The molecule has 47 heavy (non-hydrogen) atoms. The highest BCUT2D eigenvalue weighted by Gasteiger charge is 2.37. The average Bonchev–Trinajstić information content (AvgIpc) is 3.41. The quantitative estimate of drug-likeness (QED) is 0.189. The van der Waals surface area contributed by atoms with Gasteiger partial charge in [-0.05, 0) is 74.9 Å². The summed E-state index contributed by atoms with van der Waals surface area (Å²) in [6, 6.07) is 14.2. The normalized spacial score (nSPS) is 20.1. The van der Waals surface area contributed by atoms with Crippen molar-refractivity contribution >= 4 is 28.2 Å². The van der Waals surface area contributed by atoms with E-state index in [9.17, 15) is 18.0 Å². The van der Waals surface area contributed by atoms with Crippen LogP contribution in [0.25, 0.3) is 10.9 Å². The Morgan fingerprint density at radius 2 is 1.89 bits per heavy atom. The molecule has 1 aliphatic carbocycles. The molecule has 5 rings (SSSR count). The first-order valence-electron chi connectivity index (χ1n) is 16.0. The molecule has 3 N–H and O–H groups in total. The molecule has 1 aliphatic heterocycles. The molecular weight excluding hydrogens is 609 g/mol. The van der Waals surface area contributed by atoms with Gasteiger partial charge in [0, 0.05) is 48.4 Å². The lowest BCUT2D eigenvalue weighted by Gasteiger charge is -2.47. The van der Waals surface area contributed by atoms with E-state index in [0.717, 1.165) is 57.7 Å². The highest BCUT2D eigenvalue weighted by Crippen LogP contribution is 2.37. The molecule has 1 saturated carbocycles. The maximum atomic E-state index is 13.8. The van der Waals surface area contributed by atoms with Crippen LogP contribution in [-0.2, 0) is 11.3 Å². The van der Waals surface area contributed by atoms with Gasteiger partial charge in [-0.15, -0.1) is 0 Å². The number of hydrogen-bond donors (Lipinski definition) is 3. The summed E-state index contributed by atoms with van der Waals surface area (Å²) < 4.78 is 53.7. The molecule has 0 atom stereocenters. The Kier molecular flexibility index (Phi) is 10.8. The SMILES string of the molecule is CNC(=O)c1ccc(NCC#Cc2cc3c(NC4CCC(C)(N5CCOCC5)CC4)cccc3n2CC(F)(F)F)c(OCCC#N)c1. The molecule has 0 spiro atoms. The van der Waals surface area contributed by atoms with Gasteiger partial charge in [-0.2, -0.15) is 18.4 Å². The Balaban J connectivity index is 1.33. The van der Waals surface area contributed by atoms with Gasteiger partial charge in [0.15, 0.2) is 0 Å². The molecule has 1 aromatic heterocycles. The third-order valence-corrected chi connectivity index (χ3v) is 9.01. The summed E-state index contributed by atoms with van der Waals surface area (Å²) in [6.45, 7) is 4.83. The Morgan fingerprint density at radius 1 is 1.13 bits per heavy atom. The number of nitrogens with zero attached hydrogens (tertiary/aromatic N) is 3. The number of halogens is 3. The molecule has 0 radical (unpaired) electrons. The molecule has 1 amide bonds. The lowest BCUT2D eigenvalue weighted by Crippen LogP contribution is -2.54. The van der Waals surface area contributed by atoms with Crippen LogP contribution in [0.5, 0.6) is 5.75 Å². The number of anilines is 2. The van der Waals surface area contributed by atoms with E-state index in [2.05, 4.69) is 39.6 Å². The van der Waals surface area contributed by atoms with Crippen LogP contribution in [0.4, 0.5) is 24.5 Å². The second-order valence-electron chi connectivity index (χ2n) is 12.2. The Labute approximate surface area is 273 Å². The van der Waals surface area contributed by atoms with Crippen LogP contribution in [0.3, 0.4) is 0 Å². The highest BCUT2D eigenvalue weighted by molar-refractivity contribution is 5.95. The summed E-state index contributed by atoms with van der Waals surface area (Å²) in [7, 11) is 1.52. The van der Waals surface area contributed by atoms with Crippen LogP contribution in [0.1, 0.15) is 55.1 Å². The number of ether oxygens (including phenoxy) is 2. The first-order chi connectivity index (χ1) is 22.6. The molecule has 2 aromatic carbocycles. The van der Waals surface area contributed by atoms with Crippen LogP contribution < -0.4 is 20.7 Å². The number of nitrogens with one attached hydrogen (secondary N) is 3. The predicted octanol–water partition coefficient (Wildman–Crippen LogP) is 5.76. The monoisotopic (exact) mass is 650 g/mol. The van der Waals surface area contributed by atoms with Crippen LogP contribution in [-0.4, -0.2) is 79.6 Å². The van der Waals surface area contributed by atoms with Gasteiger partial charge in [0.2, 0.25) is 0 Å². The van der Waals surface area contributed by atoms with E-state index >= 15 is 0 Å². The number of hydrogen-bond acceptors (Lipinski definition) is 7. The van der Waals surface area contributed by atoms with Gasteiger partial charge in [-0.25, -0.2) is 0 Å². The number of morpholine rings is 1. The molecule has 250 valence electrons. The summed E-state index contributed by atoms with van der Waals surface area (Å²) in [4.78, 5) is 14.6. The van der Waals surface area contributed by atoms with Crippen molar-refractivity contribution in [3.05, 3.63) is 53.7 Å². The number of nitriles is 1. The fourth-order valence-electron chi connectivity index (χ4n) is 6.44. The maximum absolute atomic E-state index is 13.8. The Morgan fingerprint density at radius 3 is 2.60 bits per heavy atom. The summed E-state index contributed by atoms with van der Waals surface area (Å²) in [6.07, 6.45) is -0.243. The van der Waals surface area contributed by atoms with Crippen molar-refractivity contribution in [2.24, 2.45) is 0 Å². The molecule has 2 aliphatic rings. The number of rotatable bonds is 10. The minimum atomic E-state index is -4.43. The summed E-state index contributed by atoms with van der Waals surface area (Å²) in [5.74, 6) is 5.98. The number of alkyl halides is 3. The van der Waals surface area contributed by atoms with Gasteiger partial charge in [-0.3, -0.25) is 9.69 Å². The Bertz CT molecular complexity index is 1650. The summed E-state index contributed by atoms with van der Waals surface area (Å²) in [5, 5.41) is 18.9. The van der Waals surface area contributed by atoms with E-state index < -0.39 is 12.7 Å². The van der Waals surface area contributed by atoms with Gasteiger partial charge in [-0.1, -0.05) is 12.0 Å². The van der Waals surface area contributed by atoms with Gasteiger partial charge in [0.05, 0.1) is 49.1 Å². The molecule has 12 heteroatoms. The van der Waals surface area contributed by atoms with Gasteiger partial charge in [0.1, 0.15) is 18.9 Å². The van der Waals surface area contributed by atoms with E-state index in [0.29, 0.717) is 27.9 Å². The number of carbonyl (C=O) groups excluding carboxylic acids is 1. The molecule has 2 heterocycles. The number of fused-ring (bicyclic) bond motifs is 1. The lowest BCUT2D eigenvalue weighted by molar-refractivity contribution is -0.140. The van der Waals surface area contributed by atoms with Gasteiger partial charge < -0.3 is 30.0 Å². The first kappa shape index (κ1) is 34.0. The van der Waals surface area contributed by atoms with Crippen molar-refractivity contribution in [1.29, 1.82) is 5.26 Å². The van der Waals surface area contributed by atoms with Crippen LogP contribution in [0, 0.1) is 23.2 Å². The standard InChI is InChI=1S/C35H41F3N6O3/c1-34(43-17-20-46-21-18-43)13-11-26(12-14-34)42-29-7-3-8-31-28(29)23-27(44(31)24-35(36,37)38)6-4-16-41-30-10-9-25(33(45)40-2)22-32(30)47-19-5-15-39/h3,7-10,22-23,26,41-42H,5,11-14,16-21,24H2,1-2H3,(H,40,45). The van der Waals surface area contributed by atoms with Crippen LogP contribution in [0.15, 0.2) is 42.5 Å². The van der Waals surface area contributed by atoms with E-state index in [1.165, 1.54) is 11.6 Å². The van der Waals surface area contributed by atoms with E-state index in [-0.39, 0.29) is 42.8 Å². The van der Waals surface area contributed by atoms with Crippen molar-refractivity contribution in [2.75, 3.05) is 57.1 Å². The number of aromatic nitrogens is 1. The van der Waals surface area contributed by atoms with Crippen molar-refractivity contribution in [3.63, 3.8) is 0 Å². The minimum Gasteiger partial charge on any atom is -0.490 e. The zero-order valence-corrected chi connectivity index (χ0v) is 26.8. The summed E-state index contributed by atoms with van der Waals surface area (Å²) >= 11 is 0. The highest BCUT2D eigenvalue weighted by atomic mass is 19.4. The minimum absolute atomic E-state index is 0.108. The molecule has 2 fully saturated rings. The van der Waals surface area contributed by atoms with E-state index in [1.54, 1.807) is 36.4 Å². The molecule has 1 saturated heterocycles. The zero-order chi connectivity index (χ0) is 33.4. The fourth-order valence-corrected chi connectivity index (χ4v) is 6.44. The largest absolute Gasteiger partial charge is 0.490 e. The third kappa shape index (κ3) is 8.51. The smallest absolute Gasteiger partial charge is 0.406 e. The number of benzene rings is 2. The second kappa shape index (κ2) is 15.0. The number of amides is 1. The third-order valence-electron chi connectivity index (χ3n) is 9.01.